The lowest BCUT2D eigenvalue weighted by molar-refractivity contribution is 0.0376. The minimum Gasteiger partial charge on any atom is -0.451 e. The molecule has 0 bridgehead atoms. The van der Waals surface area contributed by atoms with Crippen LogP contribution in [0.3, 0.4) is 0 Å². The van der Waals surface area contributed by atoms with Crippen molar-refractivity contribution in [2.45, 2.75) is 18.2 Å². The molecule has 170 valence electrons. The summed E-state index contributed by atoms with van der Waals surface area (Å²) in [5.74, 6) is -0.139. The highest BCUT2D eigenvalue weighted by molar-refractivity contribution is 7.89. The van der Waals surface area contributed by atoms with Gasteiger partial charge < -0.3 is 14.5 Å². The van der Waals surface area contributed by atoms with Crippen molar-refractivity contribution < 1.29 is 22.4 Å². The maximum absolute atomic E-state index is 12.6. The number of aryl methyl sites for hydroxylation is 1. The molecule has 2 N–H and O–H groups in total. The third-order valence-corrected chi connectivity index (χ3v) is 7.00. The van der Waals surface area contributed by atoms with Crippen LogP contribution in [0.15, 0.2) is 57.8 Å². The third-order valence-electron chi connectivity index (χ3n) is 5.52. The van der Waals surface area contributed by atoms with Gasteiger partial charge in [-0.1, -0.05) is 18.2 Å². The lowest BCUT2D eigenvalue weighted by atomic mass is 10.1. The first-order valence-corrected chi connectivity index (χ1v) is 12.1. The molecule has 2 aromatic carbocycles. The number of carbonyl (C=O) groups excluding carboxylic acids is 1. The zero-order valence-electron chi connectivity index (χ0n) is 18.0. The van der Waals surface area contributed by atoms with Crippen LogP contribution in [0.5, 0.6) is 0 Å². The van der Waals surface area contributed by atoms with Crippen molar-refractivity contribution in [3.8, 4) is 0 Å². The summed E-state index contributed by atoms with van der Waals surface area (Å²) in [5.41, 5.74) is 1.90. The van der Waals surface area contributed by atoms with Gasteiger partial charge in [-0.2, -0.15) is 0 Å². The summed E-state index contributed by atoms with van der Waals surface area (Å²) in [4.78, 5) is 15.1. The standard InChI is InChI=1S/C23H27N3O5S/c1-17-20-5-2-3-6-21(20)31-22(17)23(27)25-18-7-9-19(10-8-18)32(28,29)24-11-4-12-26-13-15-30-16-14-26/h2-3,5-10,24H,4,11-16H2,1H3,(H,25,27). The van der Waals surface area contributed by atoms with Crippen molar-refractivity contribution in [2.75, 3.05) is 44.7 Å². The number of sulfonamides is 1. The normalized spacial score (nSPS) is 15.2. The van der Waals surface area contributed by atoms with Gasteiger partial charge in [-0.15, -0.1) is 0 Å². The molecule has 0 unspecified atom stereocenters. The van der Waals surface area contributed by atoms with E-state index in [1.54, 1.807) is 12.1 Å². The maximum atomic E-state index is 12.6. The van der Waals surface area contributed by atoms with Crippen molar-refractivity contribution in [1.82, 2.24) is 9.62 Å². The molecule has 0 spiro atoms. The zero-order chi connectivity index (χ0) is 22.6. The summed E-state index contributed by atoms with van der Waals surface area (Å²) in [6, 6.07) is 13.5. The van der Waals surface area contributed by atoms with Crippen LogP contribution < -0.4 is 10.0 Å². The lowest BCUT2D eigenvalue weighted by Crippen LogP contribution is -2.38. The third kappa shape index (κ3) is 5.18. The highest BCUT2D eigenvalue weighted by atomic mass is 32.2. The van der Waals surface area contributed by atoms with Crippen LogP contribution in [0.25, 0.3) is 11.0 Å². The second kappa shape index (κ2) is 9.83. The van der Waals surface area contributed by atoms with E-state index < -0.39 is 10.0 Å². The lowest BCUT2D eigenvalue weighted by Gasteiger charge is -2.26. The first kappa shape index (κ1) is 22.5. The Morgan fingerprint density at radius 3 is 2.50 bits per heavy atom. The summed E-state index contributed by atoms with van der Waals surface area (Å²) in [6.07, 6.45) is 0.726. The predicted molar refractivity (Wildman–Crippen MR) is 122 cm³/mol. The number of ether oxygens (including phenoxy) is 1. The molecule has 0 aliphatic carbocycles. The Morgan fingerprint density at radius 2 is 1.78 bits per heavy atom. The molecule has 9 heteroatoms. The Kier molecular flexibility index (Phi) is 6.90. The van der Waals surface area contributed by atoms with Gasteiger partial charge in [-0.3, -0.25) is 9.69 Å². The van der Waals surface area contributed by atoms with Gasteiger partial charge in [0.25, 0.3) is 5.91 Å². The molecule has 1 aromatic heterocycles. The molecular weight excluding hydrogens is 430 g/mol. The van der Waals surface area contributed by atoms with Crippen molar-refractivity contribution in [3.63, 3.8) is 0 Å². The van der Waals surface area contributed by atoms with Gasteiger partial charge in [0, 0.05) is 36.3 Å². The number of rotatable bonds is 8. The Balaban J connectivity index is 1.33. The van der Waals surface area contributed by atoms with Crippen LogP contribution in [-0.4, -0.2) is 58.6 Å². The highest BCUT2D eigenvalue weighted by Gasteiger charge is 2.18. The summed E-state index contributed by atoms with van der Waals surface area (Å²) < 4.78 is 38.7. The number of morpholine rings is 1. The van der Waals surface area contributed by atoms with E-state index in [1.165, 1.54) is 12.1 Å². The van der Waals surface area contributed by atoms with Gasteiger partial charge in [0.15, 0.2) is 5.76 Å². The summed E-state index contributed by atoms with van der Waals surface area (Å²) in [7, 11) is -3.61. The average molecular weight is 458 g/mol. The number of furan rings is 1. The van der Waals surface area contributed by atoms with Crippen LogP contribution in [0.2, 0.25) is 0 Å². The van der Waals surface area contributed by atoms with Crippen LogP contribution in [-0.2, 0) is 14.8 Å². The SMILES string of the molecule is Cc1c(C(=O)Nc2ccc(S(=O)(=O)NCCCN3CCOCC3)cc2)oc2ccccc12. The van der Waals surface area contributed by atoms with Crippen molar-refractivity contribution in [2.24, 2.45) is 0 Å². The Bertz CT molecular complexity index is 1180. The monoisotopic (exact) mass is 457 g/mol. The second-order valence-electron chi connectivity index (χ2n) is 7.74. The van der Waals surface area contributed by atoms with E-state index in [1.807, 2.05) is 31.2 Å². The Morgan fingerprint density at radius 1 is 1.06 bits per heavy atom. The number of carbonyl (C=O) groups is 1. The molecule has 2 heterocycles. The largest absolute Gasteiger partial charge is 0.451 e. The number of benzene rings is 2. The van der Waals surface area contributed by atoms with Crippen molar-refractivity contribution in [1.29, 1.82) is 0 Å². The average Bonchev–Trinajstić information content (AvgIpc) is 3.15. The quantitative estimate of drug-likeness (QED) is 0.505. The van der Waals surface area contributed by atoms with Gasteiger partial charge in [0.05, 0.1) is 18.1 Å². The molecule has 3 aromatic rings. The molecule has 32 heavy (non-hydrogen) atoms. The minimum atomic E-state index is -3.61. The fourth-order valence-electron chi connectivity index (χ4n) is 3.71. The molecule has 1 aliphatic heterocycles. The molecule has 0 atom stereocenters. The molecule has 1 saturated heterocycles. The predicted octanol–water partition coefficient (Wildman–Crippen LogP) is 2.99. The number of amides is 1. The van der Waals surface area contributed by atoms with Gasteiger partial charge in [-0.05, 0) is 50.2 Å². The smallest absolute Gasteiger partial charge is 0.291 e. The van der Waals surface area contributed by atoms with E-state index in [2.05, 4.69) is 14.9 Å². The number of fused-ring (bicyclic) bond motifs is 1. The number of hydrogen-bond acceptors (Lipinski definition) is 6. The van der Waals surface area contributed by atoms with E-state index in [0.29, 0.717) is 17.8 Å². The van der Waals surface area contributed by atoms with E-state index in [4.69, 9.17) is 9.15 Å². The molecule has 8 nitrogen and oxygen atoms in total. The van der Waals surface area contributed by atoms with Crippen LogP contribution in [0.4, 0.5) is 5.69 Å². The van der Waals surface area contributed by atoms with Crippen LogP contribution in [0, 0.1) is 6.92 Å². The number of nitrogens with one attached hydrogen (secondary N) is 2. The number of hydrogen-bond donors (Lipinski definition) is 2. The van der Waals surface area contributed by atoms with Gasteiger partial charge >= 0.3 is 0 Å². The van der Waals surface area contributed by atoms with Gasteiger partial charge in [0.2, 0.25) is 10.0 Å². The molecular formula is C23H27N3O5S. The first-order chi connectivity index (χ1) is 15.4. The molecule has 1 aliphatic rings. The fraction of sp³-hybridized carbons (Fsp3) is 0.348. The topological polar surface area (TPSA) is 101 Å². The molecule has 0 radical (unpaired) electrons. The summed E-state index contributed by atoms with van der Waals surface area (Å²) >= 11 is 0. The molecule has 1 amide bonds. The summed E-state index contributed by atoms with van der Waals surface area (Å²) in [5, 5.41) is 3.65. The second-order valence-corrected chi connectivity index (χ2v) is 9.50. The Hall–Kier alpha value is -2.72. The van der Waals surface area contributed by atoms with E-state index in [9.17, 15) is 13.2 Å². The summed E-state index contributed by atoms with van der Waals surface area (Å²) in [6.45, 7) is 6.25. The van der Waals surface area contributed by atoms with Crippen molar-refractivity contribution >= 4 is 32.6 Å². The Labute approximate surface area is 187 Å². The molecule has 0 saturated carbocycles. The van der Waals surface area contributed by atoms with E-state index >= 15 is 0 Å². The minimum absolute atomic E-state index is 0.154. The van der Waals surface area contributed by atoms with E-state index in [-0.39, 0.29) is 16.6 Å². The molecule has 1 fully saturated rings. The fourth-order valence-corrected chi connectivity index (χ4v) is 4.79. The van der Waals surface area contributed by atoms with E-state index in [0.717, 1.165) is 50.2 Å². The molecule has 4 rings (SSSR count). The van der Waals surface area contributed by atoms with Crippen LogP contribution in [0.1, 0.15) is 22.5 Å². The van der Waals surface area contributed by atoms with Crippen LogP contribution >= 0.6 is 0 Å². The maximum Gasteiger partial charge on any atom is 0.291 e. The van der Waals surface area contributed by atoms with Gasteiger partial charge in [0.1, 0.15) is 5.58 Å². The van der Waals surface area contributed by atoms with Gasteiger partial charge in [-0.25, -0.2) is 13.1 Å². The highest BCUT2D eigenvalue weighted by Crippen LogP contribution is 2.25. The first-order valence-electron chi connectivity index (χ1n) is 10.6. The number of anilines is 1. The number of nitrogens with zero attached hydrogens (tertiary/aromatic N) is 1. The zero-order valence-corrected chi connectivity index (χ0v) is 18.8. The van der Waals surface area contributed by atoms with Crippen molar-refractivity contribution in [3.05, 3.63) is 59.9 Å². The number of para-hydroxylation sites is 1.